The lowest BCUT2D eigenvalue weighted by atomic mass is 9.89. The van der Waals surface area contributed by atoms with E-state index in [1.54, 1.807) is 6.07 Å². The molecule has 1 aliphatic heterocycles. The first-order chi connectivity index (χ1) is 8.22. The molecule has 1 saturated heterocycles. The van der Waals surface area contributed by atoms with E-state index in [2.05, 4.69) is 5.43 Å². The lowest BCUT2D eigenvalue weighted by molar-refractivity contribution is 0.0390. The van der Waals surface area contributed by atoms with Gasteiger partial charge in [-0.1, -0.05) is 29.3 Å². The molecule has 0 radical (unpaired) electrons. The predicted molar refractivity (Wildman–Crippen MR) is 70.1 cm³/mol. The van der Waals surface area contributed by atoms with E-state index in [0.29, 0.717) is 22.6 Å². The standard InChI is InChI=1S/C12H16Cl2N2O/c13-9-3-4-10(11(14)6-9)12(16-15)8-2-1-5-17-7-8/h3-4,6,8,12,16H,1-2,5,7,15H2. The van der Waals surface area contributed by atoms with E-state index in [0.717, 1.165) is 25.0 Å². The van der Waals surface area contributed by atoms with Gasteiger partial charge in [0.25, 0.3) is 0 Å². The molecule has 2 unspecified atom stereocenters. The Labute approximate surface area is 111 Å². The Bertz CT molecular complexity index is 381. The molecule has 0 bridgehead atoms. The summed E-state index contributed by atoms with van der Waals surface area (Å²) >= 11 is 12.1. The molecular formula is C12H16Cl2N2O. The number of hydrogen-bond acceptors (Lipinski definition) is 3. The number of hydrazine groups is 1. The largest absolute Gasteiger partial charge is 0.381 e. The van der Waals surface area contributed by atoms with Crippen LogP contribution in [0.1, 0.15) is 24.4 Å². The topological polar surface area (TPSA) is 47.3 Å². The molecule has 1 aromatic rings. The molecule has 0 spiro atoms. The van der Waals surface area contributed by atoms with Crippen LogP contribution in [0.3, 0.4) is 0 Å². The number of ether oxygens (including phenoxy) is 1. The Morgan fingerprint density at radius 2 is 2.24 bits per heavy atom. The van der Waals surface area contributed by atoms with Crippen molar-refractivity contribution in [3.63, 3.8) is 0 Å². The average Bonchev–Trinajstić information content (AvgIpc) is 2.34. The van der Waals surface area contributed by atoms with Gasteiger partial charge in [-0.2, -0.15) is 0 Å². The molecule has 1 heterocycles. The Balaban J connectivity index is 2.21. The maximum atomic E-state index is 6.20. The zero-order chi connectivity index (χ0) is 12.3. The highest BCUT2D eigenvalue weighted by molar-refractivity contribution is 6.35. The van der Waals surface area contributed by atoms with Gasteiger partial charge in [0.15, 0.2) is 0 Å². The van der Waals surface area contributed by atoms with Crippen LogP contribution >= 0.6 is 23.2 Å². The van der Waals surface area contributed by atoms with Crippen LogP contribution in [-0.2, 0) is 4.74 Å². The fourth-order valence-corrected chi connectivity index (χ4v) is 2.79. The van der Waals surface area contributed by atoms with Gasteiger partial charge < -0.3 is 4.74 Å². The third kappa shape index (κ3) is 3.12. The summed E-state index contributed by atoms with van der Waals surface area (Å²) in [4.78, 5) is 0. The summed E-state index contributed by atoms with van der Waals surface area (Å²) in [5, 5.41) is 1.28. The zero-order valence-electron chi connectivity index (χ0n) is 9.46. The summed E-state index contributed by atoms with van der Waals surface area (Å²) in [6, 6.07) is 5.51. The van der Waals surface area contributed by atoms with Crippen LogP contribution in [0.5, 0.6) is 0 Å². The van der Waals surface area contributed by atoms with Crippen LogP contribution in [0, 0.1) is 5.92 Å². The van der Waals surface area contributed by atoms with Gasteiger partial charge in [0.2, 0.25) is 0 Å². The maximum absolute atomic E-state index is 6.20. The van der Waals surface area contributed by atoms with Crippen LogP contribution in [0.15, 0.2) is 18.2 Å². The molecule has 3 nitrogen and oxygen atoms in total. The Hall–Kier alpha value is -0.320. The molecule has 0 amide bonds. The normalized spacial score (nSPS) is 22.4. The third-order valence-corrected chi connectivity index (χ3v) is 3.71. The highest BCUT2D eigenvalue weighted by Crippen LogP contribution is 2.33. The molecule has 1 aliphatic rings. The first-order valence-electron chi connectivity index (χ1n) is 5.71. The number of halogens is 2. The monoisotopic (exact) mass is 274 g/mol. The van der Waals surface area contributed by atoms with Crippen molar-refractivity contribution in [3.05, 3.63) is 33.8 Å². The number of rotatable bonds is 3. The van der Waals surface area contributed by atoms with E-state index in [1.807, 2.05) is 12.1 Å². The number of hydrogen-bond donors (Lipinski definition) is 2. The van der Waals surface area contributed by atoms with E-state index in [-0.39, 0.29) is 6.04 Å². The van der Waals surface area contributed by atoms with Crippen molar-refractivity contribution in [2.75, 3.05) is 13.2 Å². The van der Waals surface area contributed by atoms with E-state index in [9.17, 15) is 0 Å². The van der Waals surface area contributed by atoms with Crippen LogP contribution in [0.4, 0.5) is 0 Å². The predicted octanol–water partition coefficient (Wildman–Crippen LogP) is 2.92. The quantitative estimate of drug-likeness (QED) is 0.658. The van der Waals surface area contributed by atoms with Crippen LogP contribution in [0.25, 0.3) is 0 Å². The first kappa shape index (κ1) is 13.1. The second-order valence-electron chi connectivity index (χ2n) is 4.29. The second-order valence-corrected chi connectivity index (χ2v) is 5.13. The minimum absolute atomic E-state index is 0.0140. The van der Waals surface area contributed by atoms with Gasteiger partial charge in [0.05, 0.1) is 12.6 Å². The Morgan fingerprint density at radius 3 is 2.82 bits per heavy atom. The number of nitrogens with one attached hydrogen (secondary N) is 1. The molecule has 1 fully saturated rings. The third-order valence-electron chi connectivity index (χ3n) is 3.14. The molecule has 0 aliphatic carbocycles. The smallest absolute Gasteiger partial charge is 0.0524 e. The summed E-state index contributed by atoms with van der Waals surface area (Å²) in [6.45, 7) is 1.55. The van der Waals surface area contributed by atoms with Gasteiger partial charge in [0.1, 0.15) is 0 Å². The molecule has 0 aromatic heterocycles. The van der Waals surface area contributed by atoms with Crippen molar-refractivity contribution in [2.45, 2.75) is 18.9 Å². The minimum Gasteiger partial charge on any atom is -0.381 e. The minimum atomic E-state index is 0.0140. The summed E-state index contributed by atoms with van der Waals surface area (Å²) in [5.74, 6) is 6.00. The van der Waals surface area contributed by atoms with Gasteiger partial charge in [-0.3, -0.25) is 11.3 Å². The summed E-state index contributed by atoms with van der Waals surface area (Å²) in [6.07, 6.45) is 2.15. The Kier molecular flexibility index (Phi) is 4.65. The Morgan fingerprint density at radius 1 is 1.41 bits per heavy atom. The molecule has 2 rings (SSSR count). The summed E-state index contributed by atoms with van der Waals surface area (Å²) in [7, 11) is 0. The molecule has 94 valence electrons. The van der Waals surface area contributed by atoms with Gasteiger partial charge in [0, 0.05) is 22.6 Å². The fraction of sp³-hybridized carbons (Fsp3) is 0.500. The highest BCUT2D eigenvalue weighted by Gasteiger charge is 2.26. The fourth-order valence-electron chi connectivity index (χ4n) is 2.26. The average molecular weight is 275 g/mol. The van der Waals surface area contributed by atoms with Crippen molar-refractivity contribution >= 4 is 23.2 Å². The van der Waals surface area contributed by atoms with E-state index in [4.69, 9.17) is 33.8 Å². The molecule has 1 aromatic carbocycles. The van der Waals surface area contributed by atoms with E-state index >= 15 is 0 Å². The van der Waals surface area contributed by atoms with Crippen molar-refractivity contribution < 1.29 is 4.74 Å². The van der Waals surface area contributed by atoms with Gasteiger partial charge in [-0.25, -0.2) is 0 Å². The number of benzene rings is 1. The maximum Gasteiger partial charge on any atom is 0.0524 e. The van der Waals surface area contributed by atoms with Crippen LogP contribution in [0.2, 0.25) is 10.0 Å². The molecule has 2 atom stereocenters. The van der Waals surface area contributed by atoms with Crippen molar-refractivity contribution in [3.8, 4) is 0 Å². The lowest BCUT2D eigenvalue weighted by Gasteiger charge is -2.30. The zero-order valence-corrected chi connectivity index (χ0v) is 11.0. The summed E-state index contributed by atoms with van der Waals surface area (Å²) < 4.78 is 5.49. The summed E-state index contributed by atoms with van der Waals surface area (Å²) in [5.41, 5.74) is 3.82. The van der Waals surface area contributed by atoms with Crippen molar-refractivity contribution in [1.29, 1.82) is 0 Å². The molecule has 3 N–H and O–H groups in total. The molecule has 0 saturated carbocycles. The van der Waals surface area contributed by atoms with E-state index < -0.39 is 0 Å². The van der Waals surface area contributed by atoms with Gasteiger partial charge >= 0.3 is 0 Å². The highest BCUT2D eigenvalue weighted by atomic mass is 35.5. The first-order valence-corrected chi connectivity index (χ1v) is 6.47. The van der Waals surface area contributed by atoms with Crippen molar-refractivity contribution in [2.24, 2.45) is 11.8 Å². The second kappa shape index (κ2) is 6.03. The van der Waals surface area contributed by atoms with Gasteiger partial charge in [-0.15, -0.1) is 0 Å². The van der Waals surface area contributed by atoms with Gasteiger partial charge in [-0.05, 0) is 30.5 Å². The molecule has 17 heavy (non-hydrogen) atoms. The van der Waals surface area contributed by atoms with Crippen LogP contribution < -0.4 is 11.3 Å². The molecule has 5 heteroatoms. The number of nitrogens with two attached hydrogens (primary N) is 1. The SMILES string of the molecule is NNC(c1ccc(Cl)cc1Cl)C1CCCOC1. The lowest BCUT2D eigenvalue weighted by Crippen LogP contribution is -2.37. The molecular weight excluding hydrogens is 259 g/mol. The van der Waals surface area contributed by atoms with Crippen molar-refractivity contribution in [1.82, 2.24) is 5.43 Å². The van der Waals surface area contributed by atoms with E-state index in [1.165, 1.54) is 0 Å². The van der Waals surface area contributed by atoms with Crippen LogP contribution in [-0.4, -0.2) is 13.2 Å².